The Balaban J connectivity index is 1.38. The summed E-state index contributed by atoms with van der Waals surface area (Å²) in [6.45, 7) is 0.122. The predicted octanol–water partition coefficient (Wildman–Crippen LogP) is 1.69. The topological polar surface area (TPSA) is 105 Å². The smallest absolute Gasteiger partial charge is 0.304 e. The van der Waals surface area contributed by atoms with Crippen LogP contribution in [0.15, 0.2) is 41.1 Å². The zero-order chi connectivity index (χ0) is 20.4. The molecule has 0 radical (unpaired) electrons. The van der Waals surface area contributed by atoms with Crippen molar-refractivity contribution < 1.29 is 22.7 Å². The molecule has 154 valence electrons. The molecule has 4 rings (SSSR count). The Kier molecular flexibility index (Phi) is 5.68. The van der Waals surface area contributed by atoms with E-state index in [0.717, 1.165) is 22.7 Å². The van der Waals surface area contributed by atoms with Crippen LogP contribution in [0.25, 0.3) is 0 Å². The molecule has 1 aromatic carbocycles. The first-order valence-electron chi connectivity index (χ1n) is 9.29. The number of amides is 2. The summed E-state index contributed by atoms with van der Waals surface area (Å²) in [6.07, 6.45) is 1.48. The average Bonchev–Trinajstić information content (AvgIpc) is 3.41. The summed E-state index contributed by atoms with van der Waals surface area (Å²) in [5, 5.41) is 5.99. The fourth-order valence-corrected chi connectivity index (χ4v) is 4.91. The van der Waals surface area contributed by atoms with Crippen molar-refractivity contribution in [1.29, 1.82) is 0 Å². The molecule has 1 atom stereocenters. The molecule has 0 bridgehead atoms. The molecule has 2 N–H and O–H groups in total. The molecule has 1 saturated heterocycles. The van der Waals surface area contributed by atoms with E-state index in [2.05, 4.69) is 10.0 Å². The first kappa shape index (κ1) is 20.0. The van der Waals surface area contributed by atoms with Gasteiger partial charge >= 0.3 is 10.2 Å². The Labute approximate surface area is 173 Å². The number of benzene rings is 1. The van der Waals surface area contributed by atoms with E-state index < -0.39 is 22.3 Å². The second-order valence-electron chi connectivity index (χ2n) is 7.04. The van der Waals surface area contributed by atoms with Gasteiger partial charge in [-0.3, -0.25) is 9.59 Å². The molecule has 1 aliphatic heterocycles. The highest BCUT2D eigenvalue weighted by atomic mass is 32.2. The molecule has 10 heteroatoms. The molecular formula is C19H21N3O5S2. The molecule has 1 aromatic heterocycles. The molecule has 29 heavy (non-hydrogen) atoms. The van der Waals surface area contributed by atoms with E-state index in [9.17, 15) is 18.0 Å². The summed E-state index contributed by atoms with van der Waals surface area (Å²) in [4.78, 5) is 24.7. The number of nitrogens with one attached hydrogen (secondary N) is 2. The van der Waals surface area contributed by atoms with E-state index in [1.807, 2.05) is 18.2 Å². The van der Waals surface area contributed by atoms with E-state index >= 15 is 0 Å². The molecule has 0 spiro atoms. The Morgan fingerprint density at radius 2 is 1.97 bits per heavy atom. The van der Waals surface area contributed by atoms with Crippen molar-refractivity contribution in [2.75, 3.05) is 19.7 Å². The number of carbonyl (C=O) groups is 2. The molecule has 2 aliphatic rings. The molecule has 1 saturated carbocycles. The quantitative estimate of drug-likeness (QED) is 0.719. The van der Waals surface area contributed by atoms with Crippen molar-refractivity contribution in [2.24, 2.45) is 0 Å². The molecule has 1 aliphatic carbocycles. The van der Waals surface area contributed by atoms with Gasteiger partial charge in [-0.15, -0.1) is 0 Å². The molecule has 2 fully saturated rings. The number of morpholine rings is 1. The zero-order valence-electron chi connectivity index (χ0n) is 15.5. The summed E-state index contributed by atoms with van der Waals surface area (Å²) in [6, 6.07) is 9.00. The third-order valence-corrected chi connectivity index (χ3v) is 7.00. The Morgan fingerprint density at radius 3 is 2.69 bits per heavy atom. The van der Waals surface area contributed by atoms with Gasteiger partial charge < -0.3 is 10.1 Å². The van der Waals surface area contributed by atoms with Crippen molar-refractivity contribution in [3.8, 4) is 0 Å². The summed E-state index contributed by atoms with van der Waals surface area (Å²) in [5.41, 5.74) is 1.94. The van der Waals surface area contributed by atoms with Gasteiger partial charge in [-0.2, -0.15) is 24.1 Å². The van der Waals surface area contributed by atoms with Crippen LogP contribution in [-0.2, 0) is 14.9 Å². The fraction of sp³-hybridized carbons (Fsp3) is 0.368. The number of rotatable bonds is 6. The number of nitrogens with zero attached hydrogens (tertiary/aromatic N) is 1. The zero-order valence-corrected chi connectivity index (χ0v) is 17.2. The van der Waals surface area contributed by atoms with Gasteiger partial charge in [-0.25, -0.2) is 4.72 Å². The normalized spacial score (nSPS) is 20.2. The van der Waals surface area contributed by atoms with Gasteiger partial charge in [0.25, 0.3) is 11.8 Å². The molecular weight excluding hydrogens is 414 g/mol. The lowest BCUT2D eigenvalue weighted by molar-refractivity contribution is -0.0175. The van der Waals surface area contributed by atoms with Crippen molar-refractivity contribution in [3.63, 3.8) is 0 Å². The van der Waals surface area contributed by atoms with Crippen LogP contribution < -0.4 is 10.0 Å². The van der Waals surface area contributed by atoms with Crippen LogP contribution >= 0.6 is 11.3 Å². The van der Waals surface area contributed by atoms with Crippen molar-refractivity contribution in [3.05, 3.63) is 57.8 Å². The molecule has 2 amide bonds. The van der Waals surface area contributed by atoms with Gasteiger partial charge in [0, 0.05) is 17.5 Å². The van der Waals surface area contributed by atoms with Gasteiger partial charge in [0.1, 0.15) is 6.23 Å². The standard InChI is InChI=1S/C19H21N3O5S2/c23-18(15-3-1-2-14(10-15)13-4-5-13)20-17-11-22(7-8-27-17)29(25,26)21-19(24)16-6-9-28-12-16/h1-3,6,9-10,12-13,17H,4-5,7-8,11H2,(H,20,23)(H,21,24). The van der Waals surface area contributed by atoms with Gasteiger partial charge in [0.15, 0.2) is 0 Å². The number of thiophene rings is 1. The highest BCUT2D eigenvalue weighted by Crippen LogP contribution is 2.40. The van der Waals surface area contributed by atoms with E-state index in [1.54, 1.807) is 22.9 Å². The van der Waals surface area contributed by atoms with Crippen molar-refractivity contribution >= 4 is 33.4 Å². The lowest BCUT2D eigenvalue weighted by atomic mass is 10.1. The monoisotopic (exact) mass is 435 g/mol. The summed E-state index contributed by atoms with van der Waals surface area (Å²) in [5.74, 6) is -0.476. The first-order chi connectivity index (χ1) is 13.9. The molecule has 2 heterocycles. The maximum absolute atomic E-state index is 12.6. The minimum Gasteiger partial charge on any atom is -0.356 e. The van der Waals surface area contributed by atoms with E-state index in [1.165, 1.54) is 11.3 Å². The Hall–Kier alpha value is -2.27. The average molecular weight is 436 g/mol. The third-order valence-electron chi connectivity index (χ3n) is 4.86. The van der Waals surface area contributed by atoms with Crippen LogP contribution in [0.5, 0.6) is 0 Å². The van der Waals surface area contributed by atoms with Gasteiger partial charge in [0.2, 0.25) is 0 Å². The highest BCUT2D eigenvalue weighted by molar-refractivity contribution is 7.87. The lowest BCUT2D eigenvalue weighted by Crippen LogP contribution is -2.55. The van der Waals surface area contributed by atoms with E-state index in [-0.39, 0.29) is 31.2 Å². The maximum atomic E-state index is 12.6. The summed E-state index contributed by atoms with van der Waals surface area (Å²) < 4.78 is 33.8. The lowest BCUT2D eigenvalue weighted by Gasteiger charge is -2.32. The summed E-state index contributed by atoms with van der Waals surface area (Å²) in [7, 11) is -4.04. The minimum atomic E-state index is -4.04. The SMILES string of the molecule is O=C(NC1CN(S(=O)(=O)NC(=O)c2ccsc2)CCO1)c1cccc(C2CC2)c1. The molecule has 2 aromatic rings. The second-order valence-corrected chi connectivity index (χ2v) is 9.49. The van der Waals surface area contributed by atoms with Gasteiger partial charge in [-0.05, 0) is 47.9 Å². The van der Waals surface area contributed by atoms with Crippen LogP contribution in [0.4, 0.5) is 0 Å². The second kappa shape index (κ2) is 8.23. The van der Waals surface area contributed by atoms with Crippen LogP contribution in [0, 0.1) is 0 Å². The van der Waals surface area contributed by atoms with E-state index in [0.29, 0.717) is 11.5 Å². The first-order valence-corrected chi connectivity index (χ1v) is 11.7. The number of carbonyl (C=O) groups excluding carboxylic acids is 2. The minimum absolute atomic E-state index is 0.0830. The van der Waals surface area contributed by atoms with Crippen LogP contribution in [0.1, 0.15) is 45.0 Å². The third kappa shape index (κ3) is 4.84. The van der Waals surface area contributed by atoms with Crippen molar-refractivity contribution in [1.82, 2.24) is 14.3 Å². The maximum Gasteiger partial charge on any atom is 0.304 e. The van der Waals surface area contributed by atoms with Gasteiger partial charge in [-0.1, -0.05) is 12.1 Å². The molecule has 8 nitrogen and oxygen atoms in total. The molecule has 1 unspecified atom stereocenters. The fourth-order valence-electron chi connectivity index (χ4n) is 3.15. The van der Waals surface area contributed by atoms with Crippen molar-refractivity contribution in [2.45, 2.75) is 25.0 Å². The van der Waals surface area contributed by atoms with E-state index in [4.69, 9.17) is 4.74 Å². The summed E-state index contributed by atoms with van der Waals surface area (Å²) >= 11 is 1.30. The van der Waals surface area contributed by atoms with Crippen LogP contribution in [0.3, 0.4) is 0 Å². The highest BCUT2D eigenvalue weighted by Gasteiger charge is 2.32. The number of hydrogen-bond acceptors (Lipinski definition) is 6. The predicted molar refractivity (Wildman–Crippen MR) is 108 cm³/mol. The van der Waals surface area contributed by atoms with Crippen LogP contribution in [0.2, 0.25) is 0 Å². The van der Waals surface area contributed by atoms with Gasteiger partial charge in [0.05, 0.1) is 18.7 Å². The Morgan fingerprint density at radius 1 is 1.14 bits per heavy atom. The number of ether oxygens (including phenoxy) is 1. The Bertz CT molecular complexity index is 1000. The van der Waals surface area contributed by atoms with Crippen LogP contribution in [-0.4, -0.2) is 50.5 Å². The largest absolute Gasteiger partial charge is 0.356 e. The number of hydrogen-bond donors (Lipinski definition) is 2.